The molecule has 2 rings (SSSR count). The highest BCUT2D eigenvalue weighted by Crippen LogP contribution is 2.28. The average molecular weight is 190 g/mol. The molecule has 1 unspecified atom stereocenters. The summed E-state index contributed by atoms with van der Waals surface area (Å²) in [6, 6.07) is 7.92. The summed E-state index contributed by atoms with van der Waals surface area (Å²) in [4.78, 5) is 0. The lowest BCUT2D eigenvalue weighted by atomic mass is 9.90. The maximum Gasteiger partial charge on any atom is 0.127 e. The highest BCUT2D eigenvalue weighted by atomic mass is 16.5. The van der Waals surface area contributed by atoms with Gasteiger partial charge in [0, 0.05) is 6.42 Å². The van der Waals surface area contributed by atoms with Gasteiger partial charge in [-0.1, -0.05) is 29.8 Å². The van der Waals surface area contributed by atoms with Crippen molar-refractivity contribution in [1.29, 1.82) is 0 Å². The molecule has 1 heterocycles. The molecule has 0 radical (unpaired) electrons. The SMILES string of the molecule is Cc1ccc(C2(O)CC=COC2)cc1. The third-order valence-electron chi connectivity index (χ3n) is 2.56. The molecule has 0 saturated carbocycles. The maximum absolute atomic E-state index is 10.3. The van der Waals surface area contributed by atoms with Gasteiger partial charge in [-0.25, -0.2) is 0 Å². The van der Waals surface area contributed by atoms with E-state index < -0.39 is 5.60 Å². The van der Waals surface area contributed by atoms with E-state index in [2.05, 4.69) is 0 Å². The fourth-order valence-electron chi connectivity index (χ4n) is 1.62. The van der Waals surface area contributed by atoms with Crippen molar-refractivity contribution in [3.8, 4) is 0 Å². The second-order valence-corrected chi connectivity index (χ2v) is 3.78. The second kappa shape index (κ2) is 3.46. The number of aryl methyl sites for hydroxylation is 1. The molecule has 14 heavy (non-hydrogen) atoms. The van der Waals surface area contributed by atoms with Gasteiger partial charge in [-0.2, -0.15) is 0 Å². The summed E-state index contributed by atoms with van der Waals surface area (Å²) in [5.41, 5.74) is 1.28. The molecular formula is C12H14O2. The topological polar surface area (TPSA) is 29.5 Å². The van der Waals surface area contributed by atoms with Crippen molar-refractivity contribution in [2.45, 2.75) is 18.9 Å². The molecule has 1 aliphatic rings. The molecule has 1 N–H and O–H groups in total. The van der Waals surface area contributed by atoms with Gasteiger partial charge in [0.25, 0.3) is 0 Å². The fraction of sp³-hybridized carbons (Fsp3) is 0.333. The summed E-state index contributed by atoms with van der Waals surface area (Å²) in [5, 5.41) is 10.3. The number of benzene rings is 1. The average Bonchev–Trinajstić information content (AvgIpc) is 2.19. The Hall–Kier alpha value is -1.28. The predicted octanol–water partition coefficient (Wildman–Crippen LogP) is 2.12. The summed E-state index contributed by atoms with van der Waals surface area (Å²) in [5.74, 6) is 0. The minimum atomic E-state index is -0.845. The maximum atomic E-state index is 10.3. The number of aliphatic hydroxyl groups is 1. The third-order valence-corrected chi connectivity index (χ3v) is 2.56. The van der Waals surface area contributed by atoms with Gasteiger partial charge in [-0.15, -0.1) is 0 Å². The minimum absolute atomic E-state index is 0.340. The van der Waals surface area contributed by atoms with E-state index in [-0.39, 0.29) is 0 Å². The van der Waals surface area contributed by atoms with Crippen LogP contribution in [-0.4, -0.2) is 11.7 Å². The normalized spacial score (nSPS) is 25.9. The lowest BCUT2D eigenvalue weighted by Gasteiger charge is -2.29. The monoisotopic (exact) mass is 190 g/mol. The molecule has 0 aliphatic carbocycles. The standard InChI is InChI=1S/C12H14O2/c1-10-3-5-11(6-4-10)12(13)7-2-8-14-9-12/h2-6,8,13H,7,9H2,1H3. The molecule has 0 aromatic heterocycles. The second-order valence-electron chi connectivity index (χ2n) is 3.78. The largest absolute Gasteiger partial charge is 0.498 e. The molecule has 1 aromatic carbocycles. The van der Waals surface area contributed by atoms with Crippen LogP contribution in [0.3, 0.4) is 0 Å². The van der Waals surface area contributed by atoms with Gasteiger partial charge in [0.2, 0.25) is 0 Å². The van der Waals surface area contributed by atoms with Crippen molar-refractivity contribution in [1.82, 2.24) is 0 Å². The van der Waals surface area contributed by atoms with Crippen LogP contribution in [0.25, 0.3) is 0 Å². The van der Waals surface area contributed by atoms with Gasteiger partial charge < -0.3 is 9.84 Å². The van der Waals surface area contributed by atoms with Gasteiger partial charge >= 0.3 is 0 Å². The summed E-state index contributed by atoms with van der Waals surface area (Å²) in [6.07, 6.45) is 4.11. The van der Waals surface area contributed by atoms with Crippen LogP contribution in [0, 0.1) is 6.92 Å². The molecule has 0 saturated heterocycles. The van der Waals surface area contributed by atoms with Crippen molar-refractivity contribution >= 4 is 0 Å². The van der Waals surface area contributed by atoms with Crippen LogP contribution in [0.2, 0.25) is 0 Å². The first-order valence-corrected chi connectivity index (χ1v) is 4.77. The fourth-order valence-corrected chi connectivity index (χ4v) is 1.62. The Morgan fingerprint density at radius 2 is 2.00 bits per heavy atom. The van der Waals surface area contributed by atoms with Crippen LogP contribution < -0.4 is 0 Å². The van der Waals surface area contributed by atoms with Gasteiger partial charge in [0.05, 0.1) is 6.26 Å². The van der Waals surface area contributed by atoms with E-state index in [1.807, 2.05) is 37.3 Å². The Balaban J connectivity index is 2.29. The lowest BCUT2D eigenvalue weighted by molar-refractivity contribution is -0.0329. The third kappa shape index (κ3) is 1.66. The molecule has 1 aromatic rings. The first-order valence-electron chi connectivity index (χ1n) is 4.77. The van der Waals surface area contributed by atoms with E-state index in [9.17, 15) is 5.11 Å². The zero-order valence-corrected chi connectivity index (χ0v) is 8.23. The molecule has 2 heteroatoms. The van der Waals surface area contributed by atoms with Crippen LogP contribution >= 0.6 is 0 Å². The van der Waals surface area contributed by atoms with E-state index >= 15 is 0 Å². The van der Waals surface area contributed by atoms with E-state index in [0.717, 1.165) is 5.56 Å². The summed E-state index contributed by atoms with van der Waals surface area (Å²) < 4.78 is 5.14. The van der Waals surface area contributed by atoms with Crippen molar-refractivity contribution in [3.05, 3.63) is 47.7 Å². The first kappa shape index (κ1) is 9.28. The van der Waals surface area contributed by atoms with Crippen LogP contribution in [0.5, 0.6) is 0 Å². The van der Waals surface area contributed by atoms with Crippen molar-refractivity contribution in [2.75, 3.05) is 6.61 Å². The van der Waals surface area contributed by atoms with Gasteiger partial charge in [-0.3, -0.25) is 0 Å². The van der Waals surface area contributed by atoms with E-state index in [1.54, 1.807) is 6.26 Å². The Bertz CT molecular complexity index is 340. The molecule has 1 aliphatic heterocycles. The molecule has 0 fully saturated rings. The smallest absolute Gasteiger partial charge is 0.127 e. The van der Waals surface area contributed by atoms with Gasteiger partial charge in [0.1, 0.15) is 12.2 Å². The molecule has 1 atom stereocenters. The van der Waals surface area contributed by atoms with E-state index in [0.29, 0.717) is 13.0 Å². The Labute approximate surface area is 83.8 Å². The molecule has 2 nitrogen and oxygen atoms in total. The van der Waals surface area contributed by atoms with Crippen LogP contribution in [0.4, 0.5) is 0 Å². The van der Waals surface area contributed by atoms with Gasteiger partial charge in [-0.05, 0) is 18.6 Å². The van der Waals surface area contributed by atoms with E-state index in [1.165, 1.54) is 5.56 Å². The molecule has 74 valence electrons. The Kier molecular flexibility index (Phi) is 2.30. The van der Waals surface area contributed by atoms with Crippen molar-refractivity contribution in [2.24, 2.45) is 0 Å². The molecule has 0 spiro atoms. The highest BCUT2D eigenvalue weighted by Gasteiger charge is 2.30. The predicted molar refractivity (Wildman–Crippen MR) is 54.8 cm³/mol. The quantitative estimate of drug-likeness (QED) is 0.735. The number of ether oxygens (including phenoxy) is 1. The summed E-state index contributed by atoms with van der Waals surface area (Å²) in [7, 11) is 0. The zero-order valence-electron chi connectivity index (χ0n) is 8.23. The number of hydrogen-bond donors (Lipinski definition) is 1. The summed E-state index contributed by atoms with van der Waals surface area (Å²) in [6.45, 7) is 2.37. The lowest BCUT2D eigenvalue weighted by Crippen LogP contribution is -2.32. The Morgan fingerprint density at radius 1 is 1.29 bits per heavy atom. The van der Waals surface area contributed by atoms with Crippen LogP contribution in [0.1, 0.15) is 17.5 Å². The first-order chi connectivity index (χ1) is 6.71. The molecule has 0 amide bonds. The highest BCUT2D eigenvalue weighted by molar-refractivity contribution is 5.27. The van der Waals surface area contributed by atoms with Crippen LogP contribution in [-0.2, 0) is 10.3 Å². The molecule has 0 bridgehead atoms. The molecular weight excluding hydrogens is 176 g/mol. The Morgan fingerprint density at radius 3 is 2.57 bits per heavy atom. The van der Waals surface area contributed by atoms with E-state index in [4.69, 9.17) is 4.74 Å². The van der Waals surface area contributed by atoms with Gasteiger partial charge in [0.15, 0.2) is 0 Å². The van der Waals surface area contributed by atoms with Crippen molar-refractivity contribution < 1.29 is 9.84 Å². The minimum Gasteiger partial charge on any atom is -0.498 e. The van der Waals surface area contributed by atoms with Crippen molar-refractivity contribution in [3.63, 3.8) is 0 Å². The summed E-state index contributed by atoms with van der Waals surface area (Å²) >= 11 is 0. The van der Waals surface area contributed by atoms with Crippen LogP contribution in [0.15, 0.2) is 36.6 Å². The number of hydrogen-bond acceptors (Lipinski definition) is 2. The zero-order chi connectivity index (χ0) is 10.0. The number of rotatable bonds is 1.